The van der Waals surface area contributed by atoms with E-state index in [0.29, 0.717) is 15.6 Å². The van der Waals surface area contributed by atoms with E-state index in [9.17, 15) is 4.79 Å². The second-order valence-electron chi connectivity index (χ2n) is 8.20. The molecule has 4 aromatic carbocycles. The lowest BCUT2D eigenvalue weighted by atomic mass is 9.86. The average molecular weight is 474 g/mol. The molecular weight excluding hydrogens is 449 g/mol. The topological polar surface area (TPSA) is 29.1 Å². The summed E-state index contributed by atoms with van der Waals surface area (Å²) in [6.45, 7) is 2.05. The lowest BCUT2D eigenvalue weighted by Gasteiger charge is -2.26. The van der Waals surface area contributed by atoms with E-state index in [4.69, 9.17) is 23.2 Å². The highest BCUT2D eigenvalue weighted by atomic mass is 35.5. The molecule has 2 unspecified atom stereocenters. The lowest BCUT2D eigenvalue weighted by molar-refractivity contribution is 0.0934. The molecule has 0 bridgehead atoms. The fourth-order valence-electron chi connectivity index (χ4n) is 4.03. The van der Waals surface area contributed by atoms with Crippen LogP contribution >= 0.6 is 23.2 Å². The van der Waals surface area contributed by atoms with E-state index in [1.165, 1.54) is 0 Å². The SMILES string of the molecule is CC(NC(=O)c1cccc(-c2ccccc2)c1)C(Cc1ccc(Cl)cc1)c1ccc(Cl)cc1. The third kappa shape index (κ3) is 6.04. The van der Waals surface area contributed by atoms with Crippen molar-refractivity contribution in [2.75, 3.05) is 0 Å². The van der Waals surface area contributed by atoms with Crippen LogP contribution in [0.4, 0.5) is 0 Å². The third-order valence-electron chi connectivity index (χ3n) is 5.86. The van der Waals surface area contributed by atoms with Gasteiger partial charge in [-0.15, -0.1) is 0 Å². The van der Waals surface area contributed by atoms with Gasteiger partial charge in [0.15, 0.2) is 0 Å². The van der Waals surface area contributed by atoms with Crippen LogP contribution in [-0.4, -0.2) is 11.9 Å². The molecule has 0 spiro atoms. The monoisotopic (exact) mass is 473 g/mol. The molecule has 0 aromatic heterocycles. The summed E-state index contributed by atoms with van der Waals surface area (Å²) in [7, 11) is 0. The quantitative estimate of drug-likeness (QED) is 0.291. The predicted octanol–water partition coefficient (Wildman–Crippen LogP) is 7.81. The Labute approximate surface area is 205 Å². The maximum absolute atomic E-state index is 13.2. The smallest absolute Gasteiger partial charge is 0.251 e. The minimum Gasteiger partial charge on any atom is -0.349 e. The van der Waals surface area contributed by atoms with Crippen LogP contribution in [0.15, 0.2) is 103 Å². The van der Waals surface area contributed by atoms with Crippen molar-refractivity contribution in [3.63, 3.8) is 0 Å². The molecule has 0 saturated heterocycles. The fraction of sp³-hybridized carbons (Fsp3) is 0.138. The van der Waals surface area contributed by atoms with E-state index in [1.54, 1.807) is 0 Å². The number of carbonyl (C=O) groups is 1. The molecule has 0 aliphatic carbocycles. The zero-order valence-corrected chi connectivity index (χ0v) is 19.9. The molecular formula is C29H25Cl2NO. The molecule has 2 atom stereocenters. The molecule has 0 aliphatic heterocycles. The Hall–Kier alpha value is -3.07. The van der Waals surface area contributed by atoms with Gasteiger partial charge in [-0.2, -0.15) is 0 Å². The van der Waals surface area contributed by atoms with Gasteiger partial charge in [0.25, 0.3) is 5.91 Å². The van der Waals surface area contributed by atoms with Gasteiger partial charge in [0, 0.05) is 27.6 Å². The van der Waals surface area contributed by atoms with Crippen molar-refractivity contribution in [2.24, 2.45) is 0 Å². The van der Waals surface area contributed by atoms with Crippen LogP contribution in [0, 0.1) is 0 Å². The molecule has 33 heavy (non-hydrogen) atoms. The predicted molar refractivity (Wildman–Crippen MR) is 138 cm³/mol. The van der Waals surface area contributed by atoms with Gasteiger partial charge < -0.3 is 5.32 Å². The van der Waals surface area contributed by atoms with E-state index in [-0.39, 0.29) is 17.9 Å². The van der Waals surface area contributed by atoms with Gasteiger partial charge in [-0.05, 0) is 72.0 Å². The summed E-state index contributed by atoms with van der Waals surface area (Å²) >= 11 is 12.2. The summed E-state index contributed by atoms with van der Waals surface area (Å²) in [6, 6.07) is 33.4. The number of hydrogen-bond donors (Lipinski definition) is 1. The van der Waals surface area contributed by atoms with E-state index in [2.05, 4.69) is 5.32 Å². The molecule has 4 rings (SSSR count). The van der Waals surface area contributed by atoms with Crippen LogP contribution in [0.2, 0.25) is 10.0 Å². The Morgan fingerprint density at radius 2 is 1.36 bits per heavy atom. The summed E-state index contributed by atoms with van der Waals surface area (Å²) in [6.07, 6.45) is 0.768. The molecule has 0 heterocycles. The highest BCUT2D eigenvalue weighted by Gasteiger charge is 2.22. The summed E-state index contributed by atoms with van der Waals surface area (Å²) in [4.78, 5) is 13.2. The van der Waals surface area contributed by atoms with Gasteiger partial charge in [-0.1, -0.05) is 89.9 Å². The van der Waals surface area contributed by atoms with Gasteiger partial charge >= 0.3 is 0 Å². The van der Waals surface area contributed by atoms with Gasteiger partial charge in [0.2, 0.25) is 0 Å². The summed E-state index contributed by atoms with van der Waals surface area (Å²) in [5.74, 6) is -0.0138. The first kappa shape index (κ1) is 23.1. The second-order valence-corrected chi connectivity index (χ2v) is 9.07. The number of nitrogens with one attached hydrogen (secondary N) is 1. The van der Waals surface area contributed by atoms with Crippen molar-refractivity contribution in [3.05, 3.63) is 130 Å². The highest BCUT2D eigenvalue weighted by molar-refractivity contribution is 6.30. The van der Waals surface area contributed by atoms with Crippen molar-refractivity contribution in [1.29, 1.82) is 0 Å². The van der Waals surface area contributed by atoms with Crippen molar-refractivity contribution < 1.29 is 4.79 Å². The van der Waals surface area contributed by atoms with Gasteiger partial charge in [-0.3, -0.25) is 4.79 Å². The molecule has 4 aromatic rings. The third-order valence-corrected chi connectivity index (χ3v) is 6.37. The lowest BCUT2D eigenvalue weighted by Crippen LogP contribution is -2.38. The number of amides is 1. The number of benzene rings is 4. The normalized spacial score (nSPS) is 12.7. The highest BCUT2D eigenvalue weighted by Crippen LogP contribution is 2.27. The molecule has 0 aliphatic rings. The van der Waals surface area contributed by atoms with Crippen LogP contribution < -0.4 is 5.32 Å². The Balaban J connectivity index is 1.56. The first-order valence-electron chi connectivity index (χ1n) is 11.0. The number of hydrogen-bond acceptors (Lipinski definition) is 1. The number of carbonyl (C=O) groups excluding carboxylic acids is 1. The van der Waals surface area contributed by atoms with Crippen LogP contribution in [0.25, 0.3) is 11.1 Å². The van der Waals surface area contributed by atoms with Crippen molar-refractivity contribution in [1.82, 2.24) is 5.32 Å². The van der Waals surface area contributed by atoms with Crippen molar-refractivity contribution >= 4 is 29.1 Å². The maximum atomic E-state index is 13.2. The van der Waals surface area contributed by atoms with E-state index in [1.807, 2.05) is 110 Å². The minimum absolute atomic E-state index is 0.0738. The maximum Gasteiger partial charge on any atom is 0.251 e. The number of halogens is 2. The zero-order valence-electron chi connectivity index (χ0n) is 18.3. The molecule has 0 saturated carbocycles. The van der Waals surface area contributed by atoms with Crippen LogP contribution in [0.5, 0.6) is 0 Å². The zero-order chi connectivity index (χ0) is 23.2. The van der Waals surface area contributed by atoms with Gasteiger partial charge in [-0.25, -0.2) is 0 Å². The van der Waals surface area contributed by atoms with Crippen LogP contribution in [-0.2, 0) is 6.42 Å². The summed E-state index contributed by atoms with van der Waals surface area (Å²) < 4.78 is 0. The van der Waals surface area contributed by atoms with Crippen LogP contribution in [0.3, 0.4) is 0 Å². The van der Waals surface area contributed by atoms with Gasteiger partial charge in [0.1, 0.15) is 0 Å². The molecule has 1 N–H and O–H groups in total. The minimum atomic E-state index is -0.102. The molecule has 1 amide bonds. The van der Waals surface area contributed by atoms with E-state index >= 15 is 0 Å². The Kier molecular flexibility index (Phi) is 7.49. The first-order chi connectivity index (χ1) is 16.0. The Bertz CT molecular complexity index is 1200. The Morgan fingerprint density at radius 1 is 0.758 bits per heavy atom. The summed E-state index contributed by atoms with van der Waals surface area (Å²) in [5, 5.41) is 4.62. The van der Waals surface area contributed by atoms with Crippen molar-refractivity contribution in [3.8, 4) is 11.1 Å². The molecule has 2 nitrogen and oxygen atoms in total. The Morgan fingerprint density at radius 3 is 2.03 bits per heavy atom. The number of rotatable bonds is 7. The fourth-order valence-corrected chi connectivity index (χ4v) is 4.28. The second kappa shape index (κ2) is 10.7. The van der Waals surface area contributed by atoms with Gasteiger partial charge in [0.05, 0.1) is 0 Å². The first-order valence-corrected chi connectivity index (χ1v) is 11.7. The van der Waals surface area contributed by atoms with E-state index in [0.717, 1.165) is 28.7 Å². The van der Waals surface area contributed by atoms with Crippen LogP contribution in [0.1, 0.15) is 34.3 Å². The molecule has 0 fully saturated rings. The molecule has 166 valence electrons. The molecule has 0 radical (unpaired) electrons. The largest absolute Gasteiger partial charge is 0.349 e. The van der Waals surface area contributed by atoms with E-state index < -0.39 is 0 Å². The molecule has 4 heteroatoms. The standard InChI is InChI=1S/C29H25Cl2NO/c1-20(32-29(33)25-9-5-8-24(19-25)22-6-3-2-4-7-22)28(23-12-16-27(31)17-13-23)18-21-10-14-26(30)15-11-21/h2-17,19-20,28H,18H2,1H3,(H,32,33). The summed E-state index contributed by atoms with van der Waals surface area (Å²) in [5.41, 5.74) is 5.03. The average Bonchev–Trinajstić information content (AvgIpc) is 2.85. The van der Waals surface area contributed by atoms with Crippen molar-refractivity contribution in [2.45, 2.75) is 25.3 Å².